The normalized spacial score (nSPS) is 16.9. The molecule has 2 N–H and O–H groups in total. The van der Waals surface area contributed by atoms with Crippen molar-refractivity contribution in [1.29, 1.82) is 0 Å². The Labute approximate surface area is 260 Å². The van der Waals surface area contributed by atoms with Crippen molar-refractivity contribution >= 4 is 41.0 Å². The van der Waals surface area contributed by atoms with Crippen molar-refractivity contribution in [2.75, 3.05) is 4.90 Å². The number of carbonyl (C=O) groups is 4. The summed E-state index contributed by atoms with van der Waals surface area (Å²) in [6, 6.07) is 23.0. The highest BCUT2D eigenvalue weighted by Crippen LogP contribution is 2.39. The van der Waals surface area contributed by atoms with Crippen molar-refractivity contribution in [1.82, 2.24) is 15.2 Å². The Morgan fingerprint density at radius 2 is 1.68 bits per heavy atom. The van der Waals surface area contributed by atoms with Crippen LogP contribution in [-0.2, 0) is 27.2 Å². The van der Waals surface area contributed by atoms with Crippen molar-refractivity contribution in [2.45, 2.75) is 44.9 Å². The number of nitrogens with zero attached hydrogens (tertiary/aromatic N) is 3. The molecule has 1 fully saturated rings. The number of carbonyl (C=O) groups excluding carboxylic acids is 3. The third-order valence-electron chi connectivity index (χ3n) is 7.69. The lowest BCUT2D eigenvalue weighted by Gasteiger charge is -2.31. The monoisotopic (exact) mass is 610 g/mol. The summed E-state index contributed by atoms with van der Waals surface area (Å²) in [5.41, 5.74) is 3.65. The van der Waals surface area contributed by atoms with Crippen LogP contribution < -0.4 is 10.2 Å². The molecule has 3 aromatic carbocycles. The highest BCUT2D eigenvalue weighted by atomic mass is 35.5. The molecular weight excluding hydrogens is 580 g/mol. The van der Waals surface area contributed by atoms with E-state index in [2.05, 4.69) is 10.3 Å². The van der Waals surface area contributed by atoms with Crippen molar-refractivity contribution in [3.05, 3.63) is 130 Å². The molecule has 0 radical (unpaired) electrons. The van der Waals surface area contributed by atoms with Crippen molar-refractivity contribution in [2.24, 2.45) is 0 Å². The minimum absolute atomic E-state index is 0.00408. The topological polar surface area (TPSA) is 120 Å². The Morgan fingerprint density at radius 3 is 2.30 bits per heavy atom. The smallest absolute Gasteiger partial charge is 0.326 e. The zero-order valence-electron chi connectivity index (χ0n) is 24.2. The van der Waals surface area contributed by atoms with Gasteiger partial charge in [-0.2, -0.15) is 0 Å². The van der Waals surface area contributed by atoms with Gasteiger partial charge in [-0.25, -0.2) is 4.79 Å². The van der Waals surface area contributed by atoms with Gasteiger partial charge in [0.15, 0.2) is 0 Å². The maximum Gasteiger partial charge on any atom is 0.326 e. The quantitative estimate of drug-likeness (QED) is 0.276. The van der Waals surface area contributed by atoms with E-state index in [0.29, 0.717) is 23.2 Å². The van der Waals surface area contributed by atoms with E-state index in [0.717, 1.165) is 11.1 Å². The maximum atomic E-state index is 14.0. The van der Waals surface area contributed by atoms with Gasteiger partial charge in [-0.15, -0.1) is 0 Å². The fourth-order valence-corrected chi connectivity index (χ4v) is 5.90. The number of benzene rings is 3. The molecule has 0 aliphatic carbocycles. The van der Waals surface area contributed by atoms with E-state index in [1.807, 2.05) is 36.4 Å². The van der Waals surface area contributed by atoms with Gasteiger partial charge in [0.25, 0.3) is 11.8 Å². The summed E-state index contributed by atoms with van der Waals surface area (Å²) in [6.07, 6.45) is 2.96. The summed E-state index contributed by atoms with van der Waals surface area (Å²) >= 11 is 6.21. The number of carboxylic acids is 1. The van der Waals surface area contributed by atoms with Gasteiger partial charge in [-0.3, -0.25) is 24.3 Å². The van der Waals surface area contributed by atoms with Crippen LogP contribution >= 0.6 is 11.6 Å². The SMILES string of the molecule is CC(=O)N1C(Cc2cccnc2)C(=O)N(c2ccc(CC(NC(=O)c3c(C)cccc3Cl)C(=O)O)cc2)C1c1ccccc1. The molecule has 10 heteroatoms. The number of carboxylic acid groups (broad SMARTS) is 1. The highest BCUT2D eigenvalue weighted by Gasteiger charge is 2.48. The van der Waals surface area contributed by atoms with Gasteiger partial charge >= 0.3 is 5.97 Å². The predicted octanol–water partition coefficient (Wildman–Crippen LogP) is 4.97. The Kier molecular flexibility index (Phi) is 9.06. The number of pyridine rings is 1. The van der Waals surface area contributed by atoms with Gasteiger partial charge in [0, 0.05) is 37.8 Å². The highest BCUT2D eigenvalue weighted by molar-refractivity contribution is 6.34. The summed E-state index contributed by atoms with van der Waals surface area (Å²) in [5, 5.41) is 12.7. The van der Waals surface area contributed by atoms with Gasteiger partial charge in [-0.05, 0) is 53.4 Å². The van der Waals surface area contributed by atoms with E-state index in [-0.39, 0.29) is 28.8 Å². The first-order valence-corrected chi connectivity index (χ1v) is 14.5. The van der Waals surface area contributed by atoms with E-state index >= 15 is 0 Å². The van der Waals surface area contributed by atoms with Gasteiger partial charge < -0.3 is 15.3 Å². The number of halogens is 1. The van der Waals surface area contributed by atoms with E-state index in [1.54, 1.807) is 77.6 Å². The van der Waals surface area contributed by atoms with Crippen molar-refractivity contribution < 1.29 is 24.3 Å². The zero-order valence-corrected chi connectivity index (χ0v) is 24.9. The third kappa shape index (κ3) is 6.33. The van der Waals surface area contributed by atoms with Gasteiger partial charge in [0.05, 0.1) is 10.6 Å². The number of hydrogen-bond donors (Lipinski definition) is 2. The fraction of sp³-hybridized carbons (Fsp3) is 0.206. The number of hydrogen-bond acceptors (Lipinski definition) is 5. The molecule has 5 rings (SSSR count). The van der Waals surface area contributed by atoms with Gasteiger partial charge in [0.1, 0.15) is 18.2 Å². The summed E-state index contributed by atoms with van der Waals surface area (Å²) in [4.78, 5) is 59.5. The molecule has 1 aromatic heterocycles. The largest absolute Gasteiger partial charge is 0.480 e. The molecule has 1 aliphatic heterocycles. The maximum absolute atomic E-state index is 14.0. The lowest BCUT2D eigenvalue weighted by Crippen LogP contribution is -2.42. The molecule has 9 nitrogen and oxygen atoms in total. The van der Waals surface area contributed by atoms with E-state index in [4.69, 9.17) is 11.6 Å². The summed E-state index contributed by atoms with van der Waals surface area (Å²) in [7, 11) is 0. The average Bonchev–Trinajstić information content (AvgIpc) is 3.29. The van der Waals surface area contributed by atoms with Crippen LogP contribution in [0.25, 0.3) is 0 Å². The number of aliphatic carboxylic acids is 1. The Hall–Kier alpha value is -5.02. The summed E-state index contributed by atoms with van der Waals surface area (Å²) < 4.78 is 0. The summed E-state index contributed by atoms with van der Waals surface area (Å²) in [6.45, 7) is 3.18. The standard InChI is InChI=1S/C34H31ClN4O5/c1-21-8-6-12-27(35)30(21)31(41)37-28(34(43)44)18-23-13-15-26(16-14-23)39-32(25-10-4-3-5-11-25)38(22(2)40)29(33(39)42)19-24-9-7-17-36-20-24/h3-17,20,28-29,32H,18-19H2,1-2H3,(H,37,41)(H,43,44). The van der Waals surface area contributed by atoms with Crippen LogP contribution in [0.15, 0.2) is 97.3 Å². The van der Waals surface area contributed by atoms with Crippen LogP contribution in [0.1, 0.15) is 45.7 Å². The minimum atomic E-state index is -1.22. The first kappa shape index (κ1) is 30.4. The average molecular weight is 611 g/mol. The number of nitrogens with one attached hydrogen (secondary N) is 1. The number of rotatable bonds is 9. The first-order chi connectivity index (χ1) is 21.2. The number of amides is 3. The molecule has 3 unspecified atom stereocenters. The van der Waals surface area contributed by atoms with Crippen molar-refractivity contribution in [3.8, 4) is 0 Å². The minimum Gasteiger partial charge on any atom is -0.480 e. The second kappa shape index (κ2) is 13.1. The molecule has 3 amide bonds. The van der Waals surface area contributed by atoms with Crippen LogP contribution in [-0.4, -0.2) is 50.8 Å². The predicted molar refractivity (Wildman–Crippen MR) is 166 cm³/mol. The molecule has 1 saturated heterocycles. The molecule has 0 saturated carbocycles. The Balaban J connectivity index is 1.43. The molecule has 224 valence electrons. The van der Waals surface area contributed by atoms with Crippen LogP contribution in [0.2, 0.25) is 5.02 Å². The molecular formula is C34H31ClN4O5. The number of aromatic nitrogens is 1. The molecule has 1 aliphatic rings. The van der Waals surface area contributed by atoms with Crippen LogP contribution in [0.3, 0.4) is 0 Å². The van der Waals surface area contributed by atoms with Crippen LogP contribution in [0, 0.1) is 6.92 Å². The summed E-state index contributed by atoms with van der Waals surface area (Å²) in [5.74, 6) is -2.25. The van der Waals surface area contributed by atoms with E-state index < -0.39 is 30.1 Å². The molecule has 4 aromatic rings. The van der Waals surface area contributed by atoms with Gasteiger partial charge in [-0.1, -0.05) is 72.3 Å². The second-order valence-corrected chi connectivity index (χ2v) is 11.1. The lowest BCUT2D eigenvalue weighted by atomic mass is 10.0. The fourth-order valence-electron chi connectivity index (χ4n) is 5.60. The molecule has 3 atom stereocenters. The van der Waals surface area contributed by atoms with Gasteiger partial charge in [0.2, 0.25) is 5.91 Å². The van der Waals surface area contributed by atoms with Crippen LogP contribution in [0.4, 0.5) is 5.69 Å². The Bertz CT molecular complexity index is 1660. The third-order valence-corrected chi connectivity index (χ3v) is 8.00. The number of anilines is 1. The Morgan fingerprint density at radius 1 is 0.955 bits per heavy atom. The van der Waals surface area contributed by atoms with Crippen molar-refractivity contribution in [3.63, 3.8) is 0 Å². The second-order valence-electron chi connectivity index (χ2n) is 10.7. The van der Waals surface area contributed by atoms with E-state index in [1.165, 1.54) is 6.92 Å². The lowest BCUT2D eigenvalue weighted by molar-refractivity contribution is -0.139. The molecule has 0 spiro atoms. The molecule has 0 bridgehead atoms. The number of aryl methyl sites for hydroxylation is 1. The molecule has 2 heterocycles. The van der Waals surface area contributed by atoms with Crippen LogP contribution in [0.5, 0.6) is 0 Å². The molecule has 44 heavy (non-hydrogen) atoms. The first-order valence-electron chi connectivity index (χ1n) is 14.1. The zero-order chi connectivity index (χ0) is 31.4. The van der Waals surface area contributed by atoms with E-state index in [9.17, 15) is 24.3 Å².